The first-order valence-corrected chi connectivity index (χ1v) is 9.18. The van der Waals surface area contributed by atoms with Gasteiger partial charge in [0.05, 0.1) is 12.3 Å². The molecule has 1 saturated heterocycles. The van der Waals surface area contributed by atoms with Gasteiger partial charge in [-0.15, -0.1) is 0 Å². The van der Waals surface area contributed by atoms with Gasteiger partial charge in [0.25, 0.3) is 0 Å². The van der Waals surface area contributed by atoms with Crippen molar-refractivity contribution in [3.63, 3.8) is 0 Å². The molecule has 2 aromatic rings. The lowest BCUT2D eigenvalue weighted by atomic mass is 10.0. The molecule has 1 amide bonds. The van der Waals surface area contributed by atoms with Gasteiger partial charge < -0.3 is 20.3 Å². The first-order chi connectivity index (χ1) is 12.6. The zero-order valence-corrected chi connectivity index (χ0v) is 15.5. The average Bonchev–Trinajstić information content (AvgIpc) is 2.68. The predicted molar refractivity (Wildman–Crippen MR) is 105 cm³/mol. The van der Waals surface area contributed by atoms with Crippen LogP contribution in [0.1, 0.15) is 24.1 Å². The number of rotatable bonds is 5. The number of nitrogens with two attached hydrogens (primary N) is 1. The van der Waals surface area contributed by atoms with E-state index in [-0.39, 0.29) is 5.91 Å². The number of para-hydroxylation sites is 2. The maximum absolute atomic E-state index is 12.8. The fourth-order valence-electron chi connectivity index (χ4n) is 3.28. The van der Waals surface area contributed by atoms with Gasteiger partial charge in [0, 0.05) is 26.2 Å². The predicted octanol–water partition coefficient (Wildman–Crippen LogP) is 2.74. The Bertz CT molecular complexity index is 737. The molecule has 3 rings (SSSR count). The van der Waals surface area contributed by atoms with Gasteiger partial charge in [-0.05, 0) is 31.5 Å². The van der Waals surface area contributed by atoms with E-state index in [1.165, 1.54) is 0 Å². The summed E-state index contributed by atoms with van der Waals surface area (Å²) in [5.74, 6) is 0.887. The van der Waals surface area contributed by atoms with E-state index >= 15 is 0 Å². The zero-order valence-electron chi connectivity index (χ0n) is 15.5. The highest BCUT2D eigenvalue weighted by molar-refractivity contribution is 5.83. The molecule has 0 saturated carbocycles. The molecule has 1 fully saturated rings. The van der Waals surface area contributed by atoms with Crippen molar-refractivity contribution in [3.05, 3.63) is 59.7 Å². The molecule has 0 aromatic heterocycles. The molecular weight excluding hydrogens is 326 g/mol. The molecule has 1 aliphatic heterocycles. The van der Waals surface area contributed by atoms with Crippen molar-refractivity contribution in [2.75, 3.05) is 37.7 Å². The second kappa shape index (κ2) is 8.23. The number of carbonyl (C=O) groups is 1. The minimum absolute atomic E-state index is 0.00778. The second-order valence-corrected chi connectivity index (χ2v) is 6.60. The molecule has 138 valence electrons. The van der Waals surface area contributed by atoms with Crippen LogP contribution < -0.4 is 15.4 Å². The summed E-state index contributed by atoms with van der Waals surface area (Å²) >= 11 is 0. The van der Waals surface area contributed by atoms with E-state index in [2.05, 4.69) is 11.0 Å². The van der Waals surface area contributed by atoms with E-state index in [4.69, 9.17) is 10.5 Å². The molecular formula is C21H27N3O2. The van der Waals surface area contributed by atoms with Crippen molar-refractivity contribution in [1.82, 2.24) is 4.90 Å². The molecule has 1 aliphatic rings. The molecule has 0 spiro atoms. The van der Waals surface area contributed by atoms with Crippen LogP contribution in [-0.4, -0.2) is 43.6 Å². The Morgan fingerprint density at radius 3 is 2.38 bits per heavy atom. The lowest BCUT2D eigenvalue weighted by Crippen LogP contribution is -2.51. The Balaban J connectivity index is 1.63. The van der Waals surface area contributed by atoms with Crippen LogP contribution >= 0.6 is 0 Å². The third kappa shape index (κ3) is 3.99. The van der Waals surface area contributed by atoms with Crippen molar-refractivity contribution >= 4 is 11.6 Å². The van der Waals surface area contributed by atoms with Crippen LogP contribution in [0.2, 0.25) is 0 Å². The van der Waals surface area contributed by atoms with Crippen LogP contribution in [0.5, 0.6) is 5.75 Å². The van der Waals surface area contributed by atoms with Gasteiger partial charge in [0.1, 0.15) is 11.8 Å². The van der Waals surface area contributed by atoms with Crippen LogP contribution in [0.15, 0.2) is 48.5 Å². The van der Waals surface area contributed by atoms with E-state index in [0.717, 1.165) is 35.7 Å². The topological polar surface area (TPSA) is 58.8 Å². The summed E-state index contributed by atoms with van der Waals surface area (Å²) in [5.41, 5.74) is 9.32. The van der Waals surface area contributed by atoms with Gasteiger partial charge >= 0.3 is 0 Å². The van der Waals surface area contributed by atoms with Gasteiger partial charge in [-0.1, -0.05) is 42.0 Å². The van der Waals surface area contributed by atoms with E-state index in [0.29, 0.717) is 19.7 Å². The first kappa shape index (κ1) is 18.3. The SMILES string of the molecule is CCOc1ccccc1N1CCN(C(=O)C(N)c2ccc(C)cc2)CC1. The number of ether oxygens (including phenoxy) is 1. The van der Waals surface area contributed by atoms with Crippen molar-refractivity contribution < 1.29 is 9.53 Å². The monoisotopic (exact) mass is 353 g/mol. The summed E-state index contributed by atoms with van der Waals surface area (Å²) in [6, 6.07) is 15.3. The highest BCUT2D eigenvalue weighted by Crippen LogP contribution is 2.29. The molecule has 5 heteroatoms. The molecule has 1 heterocycles. The minimum atomic E-state index is -0.599. The van der Waals surface area contributed by atoms with Crippen molar-refractivity contribution in [3.8, 4) is 5.75 Å². The average molecular weight is 353 g/mol. The molecule has 2 N–H and O–H groups in total. The summed E-state index contributed by atoms with van der Waals surface area (Å²) in [7, 11) is 0. The number of hydrogen-bond acceptors (Lipinski definition) is 4. The van der Waals surface area contributed by atoms with Crippen molar-refractivity contribution in [2.24, 2.45) is 5.73 Å². The highest BCUT2D eigenvalue weighted by Gasteiger charge is 2.27. The van der Waals surface area contributed by atoms with Gasteiger partial charge in [0.2, 0.25) is 5.91 Å². The molecule has 2 aromatic carbocycles. The first-order valence-electron chi connectivity index (χ1n) is 9.18. The normalized spacial score (nSPS) is 15.7. The van der Waals surface area contributed by atoms with Gasteiger partial charge in [-0.3, -0.25) is 4.79 Å². The number of aryl methyl sites for hydroxylation is 1. The molecule has 0 radical (unpaired) electrons. The lowest BCUT2D eigenvalue weighted by Gasteiger charge is -2.37. The van der Waals surface area contributed by atoms with Crippen LogP contribution in [0, 0.1) is 6.92 Å². The summed E-state index contributed by atoms with van der Waals surface area (Å²) in [6.07, 6.45) is 0. The third-order valence-electron chi connectivity index (χ3n) is 4.80. The number of carbonyl (C=O) groups excluding carboxylic acids is 1. The summed E-state index contributed by atoms with van der Waals surface area (Å²) in [6.45, 7) is 7.53. The van der Waals surface area contributed by atoms with Crippen LogP contribution in [0.4, 0.5) is 5.69 Å². The number of anilines is 1. The third-order valence-corrected chi connectivity index (χ3v) is 4.80. The molecule has 26 heavy (non-hydrogen) atoms. The van der Waals surface area contributed by atoms with E-state index in [1.807, 2.05) is 61.2 Å². The van der Waals surface area contributed by atoms with Crippen molar-refractivity contribution in [2.45, 2.75) is 19.9 Å². The Hall–Kier alpha value is -2.53. The number of piperazine rings is 1. The van der Waals surface area contributed by atoms with E-state index < -0.39 is 6.04 Å². The summed E-state index contributed by atoms with van der Waals surface area (Å²) in [5, 5.41) is 0. The molecule has 0 aliphatic carbocycles. The maximum Gasteiger partial charge on any atom is 0.244 e. The fourth-order valence-corrected chi connectivity index (χ4v) is 3.28. The molecule has 1 unspecified atom stereocenters. The van der Waals surface area contributed by atoms with Crippen LogP contribution in [0.25, 0.3) is 0 Å². The van der Waals surface area contributed by atoms with E-state index in [1.54, 1.807) is 0 Å². The Morgan fingerprint density at radius 1 is 1.08 bits per heavy atom. The highest BCUT2D eigenvalue weighted by atomic mass is 16.5. The minimum Gasteiger partial charge on any atom is -0.492 e. The fraction of sp³-hybridized carbons (Fsp3) is 0.381. The van der Waals surface area contributed by atoms with Gasteiger partial charge in [-0.2, -0.15) is 0 Å². The standard InChI is InChI=1S/C21H27N3O2/c1-3-26-19-7-5-4-6-18(19)23-12-14-24(15-13-23)21(25)20(22)17-10-8-16(2)9-11-17/h4-11,20H,3,12-15,22H2,1-2H3. The zero-order chi connectivity index (χ0) is 18.5. The largest absolute Gasteiger partial charge is 0.492 e. The number of benzene rings is 2. The van der Waals surface area contributed by atoms with Gasteiger partial charge in [0.15, 0.2) is 0 Å². The molecule has 0 bridgehead atoms. The second-order valence-electron chi connectivity index (χ2n) is 6.60. The maximum atomic E-state index is 12.8. The number of amides is 1. The summed E-state index contributed by atoms with van der Waals surface area (Å²) in [4.78, 5) is 16.9. The van der Waals surface area contributed by atoms with Crippen LogP contribution in [0.3, 0.4) is 0 Å². The smallest absolute Gasteiger partial charge is 0.244 e. The quantitative estimate of drug-likeness (QED) is 0.898. The van der Waals surface area contributed by atoms with Gasteiger partial charge in [-0.25, -0.2) is 0 Å². The number of hydrogen-bond donors (Lipinski definition) is 1. The van der Waals surface area contributed by atoms with Crippen LogP contribution in [-0.2, 0) is 4.79 Å². The Labute approximate surface area is 155 Å². The summed E-state index contributed by atoms with van der Waals surface area (Å²) < 4.78 is 5.73. The Kier molecular flexibility index (Phi) is 5.78. The molecule has 1 atom stereocenters. The van der Waals surface area contributed by atoms with E-state index in [9.17, 15) is 4.79 Å². The lowest BCUT2D eigenvalue weighted by molar-refractivity contribution is -0.133. The Morgan fingerprint density at radius 2 is 1.73 bits per heavy atom. The molecule has 5 nitrogen and oxygen atoms in total. The van der Waals surface area contributed by atoms with Crippen molar-refractivity contribution in [1.29, 1.82) is 0 Å². The number of nitrogens with zero attached hydrogens (tertiary/aromatic N) is 2.